The molecule has 0 aromatic heterocycles. The molecular weight excluding hydrogens is 324 g/mol. The maximum Gasteiger partial charge on any atom is 0.184 e. The number of ketones is 1. The molecule has 26 heavy (non-hydrogen) atoms. The summed E-state index contributed by atoms with van der Waals surface area (Å²) in [5, 5.41) is 7.53. The third-order valence-electron chi connectivity index (χ3n) is 7.69. The molecule has 148 valence electrons. The zero-order valence-corrected chi connectivity index (χ0v) is 18.4. The van der Waals surface area contributed by atoms with E-state index < -0.39 is 11.1 Å². The number of hydrogen-bond donors (Lipinski definition) is 2. The zero-order chi connectivity index (χ0) is 19.9. The lowest BCUT2D eigenvalue weighted by atomic mass is 9.61. The molecule has 0 amide bonds. The number of nitrogens with one attached hydrogen (secondary N) is 2. The highest BCUT2D eigenvalue weighted by atomic mass is 16.5. The molecule has 2 N–H and O–H groups in total. The minimum absolute atomic E-state index is 0.0823. The Labute approximate surface area is 159 Å². The molecule has 3 unspecified atom stereocenters. The van der Waals surface area contributed by atoms with Gasteiger partial charge in [0.15, 0.2) is 11.4 Å². The molecule has 0 radical (unpaired) electrons. The van der Waals surface area contributed by atoms with Crippen LogP contribution in [0.1, 0.15) is 82.1 Å². The van der Waals surface area contributed by atoms with Crippen molar-refractivity contribution in [2.75, 3.05) is 0 Å². The van der Waals surface area contributed by atoms with Gasteiger partial charge >= 0.3 is 0 Å². The van der Waals surface area contributed by atoms with E-state index in [9.17, 15) is 4.79 Å². The van der Waals surface area contributed by atoms with E-state index in [1.807, 2.05) is 6.92 Å². The Morgan fingerprint density at radius 2 is 1.42 bits per heavy atom. The number of hydrogen-bond acceptors (Lipinski definition) is 4. The van der Waals surface area contributed by atoms with Gasteiger partial charge in [-0.25, -0.2) is 0 Å². The molecule has 3 aliphatic rings. The number of Topliss-reactive ketones (excluding diaryl/α,β-unsaturated/α-hetero) is 1. The van der Waals surface area contributed by atoms with Crippen molar-refractivity contribution < 1.29 is 9.53 Å². The number of piperidine rings is 1. The number of rotatable bonds is 0. The van der Waals surface area contributed by atoms with Crippen molar-refractivity contribution in [1.29, 1.82) is 0 Å². The summed E-state index contributed by atoms with van der Waals surface area (Å²) in [5.41, 5.74) is -0.317. The van der Waals surface area contributed by atoms with E-state index in [0.29, 0.717) is 0 Å². The van der Waals surface area contributed by atoms with Gasteiger partial charge in [-0.05, 0) is 67.4 Å². The first-order valence-electron chi connectivity index (χ1n) is 10.1. The minimum atomic E-state index is -0.793. The Morgan fingerprint density at radius 3 is 2.00 bits per heavy atom. The fourth-order valence-corrected chi connectivity index (χ4v) is 5.63. The summed E-state index contributed by atoms with van der Waals surface area (Å²) in [6.07, 6.45) is 1.64. The third-order valence-corrected chi connectivity index (χ3v) is 7.69. The summed E-state index contributed by atoms with van der Waals surface area (Å²) in [5.74, 6) is 1.42. The van der Waals surface area contributed by atoms with E-state index in [1.54, 1.807) is 0 Å². The lowest BCUT2D eigenvalue weighted by Crippen LogP contribution is -2.77. The van der Waals surface area contributed by atoms with Crippen LogP contribution in [0.25, 0.3) is 0 Å². The van der Waals surface area contributed by atoms with Gasteiger partial charge < -0.3 is 15.4 Å². The van der Waals surface area contributed by atoms with Crippen LogP contribution in [0, 0.1) is 11.8 Å². The molecule has 4 nitrogen and oxygen atoms in total. The van der Waals surface area contributed by atoms with Gasteiger partial charge in [0, 0.05) is 34.9 Å². The molecule has 0 aromatic carbocycles. The fraction of sp³-hybridized carbons (Fsp3) is 0.864. The van der Waals surface area contributed by atoms with Crippen LogP contribution >= 0.6 is 0 Å². The van der Waals surface area contributed by atoms with Crippen LogP contribution in [0.2, 0.25) is 0 Å². The quantitative estimate of drug-likeness (QED) is 0.685. The number of carbonyl (C=O) groups is 1. The Morgan fingerprint density at radius 1 is 0.885 bits per heavy atom. The van der Waals surface area contributed by atoms with E-state index in [2.05, 4.69) is 72.9 Å². The molecular formula is C22H38N2O2. The Balaban J connectivity index is 2.11. The van der Waals surface area contributed by atoms with Gasteiger partial charge in [-0.2, -0.15) is 0 Å². The van der Waals surface area contributed by atoms with Gasteiger partial charge in [0.25, 0.3) is 0 Å². The highest BCUT2D eigenvalue weighted by molar-refractivity contribution is 5.93. The van der Waals surface area contributed by atoms with E-state index in [-0.39, 0.29) is 34.2 Å². The van der Waals surface area contributed by atoms with Crippen LogP contribution in [0.3, 0.4) is 0 Å². The van der Waals surface area contributed by atoms with Gasteiger partial charge in [-0.1, -0.05) is 13.8 Å². The summed E-state index contributed by atoms with van der Waals surface area (Å²) in [7, 11) is 0. The van der Waals surface area contributed by atoms with Crippen molar-refractivity contribution in [2.45, 2.75) is 110 Å². The van der Waals surface area contributed by atoms with E-state index in [4.69, 9.17) is 4.74 Å². The highest BCUT2D eigenvalue weighted by Crippen LogP contribution is 2.52. The molecule has 1 fully saturated rings. The molecule has 3 atom stereocenters. The van der Waals surface area contributed by atoms with Crippen LogP contribution in [-0.4, -0.2) is 33.5 Å². The summed E-state index contributed by atoms with van der Waals surface area (Å²) in [6.45, 7) is 21.7. The van der Waals surface area contributed by atoms with Crippen molar-refractivity contribution in [1.82, 2.24) is 10.6 Å². The summed E-state index contributed by atoms with van der Waals surface area (Å²) in [6, 6.07) is 0. The molecule has 0 aliphatic carbocycles. The van der Waals surface area contributed by atoms with Gasteiger partial charge in [0.05, 0.1) is 5.54 Å². The van der Waals surface area contributed by atoms with Crippen molar-refractivity contribution in [3.63, 3.8) is 0 Å². The molecule has 3 rings (SSSR count). The standard InChI is InChI=1S/C22H38N2O2/c1-13-16-15(20(7,8)23-18(13,3)4)11-12-22(26-16)17(25)14(2)19(5,6)24-21(22,9)10/h13-14,23-24H,11-12H2,1-10H3. The molecule has 1 saturated heterocycles. The number of ether oxygens (including phenoxy) is 1. The Hall–Kier alpha value is -0.870. The van der Waals surface area contributed by atoms with Gasteiger partial charge in [-0.15, -0.1) is 0 Å². The van der Waals surface area contributed by atoms with E-state index in [1.165, 1.54) is 5.57 Å². The maximum absolute atomic E-state index is 13.6. The molecule has 0 bridgehead atoms. The zero-order valence-electron chi connectivity index (χ0n) is 18.4. The molecule has 3 aliphatic heterocycles. The molecule has 4 heteroatoms. The SMILES string of the molecule is CC1C(=O)C2(CCC3=C(O2)C(C)C(C)(C)NC3(C)C)C(C)(C)NC1(C)C. The largest absolute Gasteiger partial charge is 0.482 e. The van der Waals surface area contributed by atoms with Crippen molar-refractivity contribution in [3.05, 3.63) is 11.3 Å². The first-order chi connectivity index (χ1) is 11.6. The molecule has 3 heterocycles. The second-order valence-corrected chi connectivity index (χ2v) is 11.0. The first kappa shape index (κ1) is 19.9. The van der Waals surface area contributed by atoms with Crippen LogP contribution in [0.5, 0.6) is 0 Å². The second kappa shape index (κ2) is 5.35. The van der Waals surface area contributed by atoms with Gasteiger partial charge in [0.1, 0.15) is 5.76 Å². The predicted molar refractivity (Wildman–Crippen MR) is 106 cm³/mol. The van der Waals surface area contributed by atoms with Gasteiger partial charge in [0.2, 0.25) is 0 Å². The van der Waals surface area contributed by atoms with Gasteiger partial charge in [-0.3, -0.25) is 4.79 Å². The van der Waals surface area contributed by atoms with Crippen LogP contribution in [0.15, 0.2) is 11.3 Å². The van der Waals surface area contributed by atoms with Crippen molar-refractivity contribution in [2.24, 2.45) is 11.8 Å². The first-order valence-corrected chi connectivity index (χ1v) is 10.1. The topological polar surface area (TPSA) is 50.4 Å². The molecule has 0 saturated carbocycles. The fourth-order valence-electron chi connectivity index (χ4n) is 5.63. The summed E-state index contributed by atoms with van der Waals surface area (Å²) < 4.78 is 6.82. The van der Waals surface area contributed by atoms with Crippen molar-refractivity contribution in [3.8, 4) is 0 Å². The third kappa shape index (κ3) is 2.51. The highest BCUT2D eigenvalue weighted by Gasteiger charge is 2.64. The van der Waals surface area contributed by atoms with E-state index in [0.717, 1.165) is 18.6 Å². The smallest absolute Gasteiger partial charge is 0.184 e. The van der Waals surface area contributed by atoms with Crippen LogP contribution < -0.4 is 10.6 Å². The Bertz CT molecular complexity index is 672. The number of carbonyl (C=O) groups excluding carboxylic acids is 1. The van der Waals surface area contributed by atoms with E-state index >= 15 is 0 Å². The molecule has 0 aromatic rings. The summed E-state index contributed by atoms with van der Waals surface area (Å²) >= 11 is 0. The lowest BCUT2D eigenvalue weighted by Gasteiger charge is -2.60. The normalized spacial score (nSPS) is 40.2. The summed E-state index contributed by atoms with van der Waals surface area (Å²) in [4.78, 5) is 13.6. The van der Waals surface area contributed by atoms with Crippen LogP contribution in [0.4, 0.5) is 0 Å². The van der Waals surface area contributed by atoms with Crippen LogP contribution in [-0.2, 0) is 9.53 Å². The Kier molecular flexibility index (Phi) is 4.09. The molecule has 1 spiro atoms. The second-order valence-electron chi connectivity index (χ2n) is 11.0. The maximum atomic E-state index is 13.6. The average Bonchev–Trinajstić information content (AvgIpc) is 2.47. The van der Waals surface area contributed by atoms with Crippen molar-refractivity contribution >= 4 is 5.78 Å². The minimum Gasteiger partial charge on any atom is -0.482 e. The monoisotopic (exact) mass is 362 g/mol. The lowest BCUT2D eigenvalue weighted by molar-refractivity contribution is -0.175. The predicted octanol–water partition coefficient (Wildman–Crippen LogP) is 3.95. The average molecular weight is 363 g/mol.